The Kier molecular flexibility index (Phi) is 12.2. The van der Waals surface area contributed by atoms with Crippen molar-refractivity contribution in [1.29, 1.82) is 0 Å². The Balaban J connectivity index is 1.35. The van der Waals surface area contributed by atoms with Gasteiger partial charge in [0.1, 0.15) is 0 Å². The number of hydrogen-bond acceptors (Lipinski definition) is 4. The molecule has 2 atom stereocenters. The van der Waals surface area contributed by atoms with E-state index in [0.29, 0.717) is 29.2 Å². The van der Waals surface area contributed by atoms with E-state index in [0.717, 1.165) is 48.1 Å². The Morgan fingerprint density at radius 1 is 0.906 bits per heavy atom. The van der Waals surface area contributed by atoms with E-state index in [2.05, 4.69) is 37.5 Å². The normalized spacial score (nSPS) is 15.7. The molecule has 280 valence electrons. The molecule has 2 unspecified atom stereocenters. The number of hydrogen-bond donors (Lipinski definition) is 3. The summed E-state index contributed by atoms with van der Waals surface area (Å²) in [6, 6.07) is 24.5. The van der Waals surface area contributed by atoms with Crippen LogP contribution in [0.4, 0.5) is 18.9 Å². The van der Waals surface area contributed by atoms with Crippen LogP contribution in [0, 0.1) is 11.3 Å². The highest BCUT2D eigenvalue weighted by molar-refractivity contribution is 7.85. The van der Waals surface area contributed by atoms with Crippen molar-refractivity contribution in [2.45, 2.75) is 58.5 Å². The van der Waals surface area contributed by atoms with Crippen molar-refractivity contribution in [3.8, 4) is 11.1 Å². The first kappa shape index (κ1) is 39.8. The topological polar surface area (TPSA) is 113 Å². The third-order valence-corrected chi connectivity index (χ3v) is 10.7. The van der Waals surface area contributed by atoms with E-state index in [9.17, 15) is 31.2 Å². The van der Waals surface area contributed by atoms with Crippen LogP contribution in [0.15, 0.2) is 97.1 Å². The first-order valence-corrected chi connectivity index (χ1v) is 19.3. The summed E-state index contributed by atoms with van der Waals surface area (Å²) in [7, 11) is -4.21. The van der Waals surface area contributed by atoms with Crippen molar-refractivity contribution in [3.05, 3.63) is 130 Å². The SMILES string of the molecule is CC(C)(C)C1CC=C(c2ccc(C(Cc3ccc(C(=O)NCCS(=O)(=O)O)cc3)C(=O)Nc3ccc(-c4ccc(C(F)(F)F)cc4Cl)cc3)cc2)CC1. The molecule has 0 saturated heterocycles. The molecule has 1 aliphatic carbocycles. The molecule has 5 rings (SSSR count). The van der Waals surface area contributed by atoms with Gasteiger partial charge in [0.15, 0.2) is 0 Å². The Hall–Kier alpha value is -4.45. The van der Waals surface area contributed by atoms with Gasteiger partial charge in [-0.25, -0.2) is 0 Å². The summed E-state index contributed by atoms with van der Waals surface area (Å²) in [6.45, 7) is 6.57. The molecular formula is C41H42ClF3N2O5S. The number of amides is 2. The zero-order valence-corrected chi connectivity index (χ0v) is 31.2. The van der Waals surface area contributed by atoms with Gasteiger partial charge in [0, 0.05) is 28.4 Å². The largest absolute Gasteiger partial charge is 0.416 e. The number of carbonyl (C=O) groups excluding carboxylic acids is 2. The molecule has 0 heterocycles. The van der Waals surface area contributed by atoms with Gasteiger partial charge in [0.05, 0.1) is 17.2 Å². The Morgan fingerprint density at radius 2 is 1.55 bits per heavy atom. The molecule has 0 fully saturated rings. The van der Waals surface area contributed by atoms with Gasteiger partial charge < -0.3 is 10.6 Å². The summed E-state index contributed by atoms with van der Waals surface area (Å²) in [5.74, 6) is -1.40. The van der Waals surface area contributed by atoms with Gasteiger partial charge in [-0.2, -0.15) is 21.6 Å². The van der Waals surface area contributed by atoms with Gasteiger partial charge in [-0.05, 0) is 101 Å². The van der Waals surface area contributed by atoms with Crippen molar-refractivity contribution in [1.82, 2.24) is 5.32 Å². The molecule has 4 aromatic rings. The average Bonchev–Trinajstić information content (AvgIpc) is 3.10. The van der Waals surface area contributed by atoms with Gasteiger partial charge in [0.2, 0.25) is 5.91 Å². The molecule has 0 radical (unpaired) electrons. The lowest BCUT2D eigenvalue weighted by Crippen LogP contribution is -2.28. The summed E-state index contributed by atoms with van der Waals surface area (Å²) in [5.41, 5.74) is 5.15. The summed E-state index contributed by atoms with van der Waals surface area (Å²) in [4.78, 5) is 26.5. The molecule has 53 heavy (non-hydrogen) atoms. The van der Waals surface area contributed by atoms with Crippen molar-refractivity contribution in [2.24, 2.45) is 11.3 Å². The molecule has 7 nitrogen and oxygen atoms in total. The van der Waals surface area contributed by atoms with E-state index in [1.807, 2.05) is 24.3 Å². The van der Waals surface area contributed by atoms with E-state index < -0.39 is 39.4 Å². The van der Waals surface area contributed by atoms with E-state index in [1.54, 1.807) is 48.5 Å². The van der Waals surface area contributed by atoms with Gasteiger partial charge in [-0.3, -0.25) is 14.1 Å². The van der Waals surface area contributed by atoms with Crippen molar-refractivity contribution < 1.29 is 35.7 Å². The maximum atomic E-state index is 14.0. The fraction of sp³-hybridized carbons (Fsp3) is 0.317. The minimum atomic E-state index is -4.51. The third kappa shape index (κ3) is 10.8. The number of anilines is 1. The van der Waals surface area contributed by atoms with Crippen LogP contribution >= 0.6 is 11.6 Å². The molecule has 0 bridgehead atoms. The van der Waals surface area contributed by atoms with Crippen molar-refractivity contribution in [2.75, 3.05) is 17.6 Å². The van der Waals surface area contributed by atoms with Gasteiger partial charge in [0.25, 0.3) is 16.0 Å². The van der Waals surface area contributed by atoms with Crippen LogP contribution in [-0.2, 0) is 27.5 Å². The van der Waals surface area contributed by atoms with Crippen LogP contribution in [0.2, 0.25) is 5.02 Å². The number of carbonyl (C=O) groups is 2. The average molecular weight is 767 g/mol. The zero-order valence-electron chi connectivity index (χ0n) is 29.6. The van der Waals surface area contributed by atoms with Crippen LogP contribution in [0.3, 0.4) is 0 Å². The fourth-order valence-corrected chi connectivity index (χ4v) is 7.14. The van der Waals surface area contributed by atoms with Crippen LogP contribution < -0.4 is 10.6 Å². The standard InChI is InChI=1S/C41H42ClF3N2O5S/c1-40(2,3)32-16-12-28(13-17-32)27-8-10-30(11-9-27)36(24-26-4-6-31(7-5-26)38(48)46-22-23-53(50,51)52)39(49)47-34-19-14-29(15-20-34)35-21-18-33(25-37(35)42)41(43,44)45/h4-12,14-15,18-21,25,32,36H,13,16-17,22-24H2,1-3H3,(H,46,48)(H,47,49)(H,50,51,52). The molecule has 4 aromatic carbocycles. The van der Waals surface area contributed by atoms with E-state index >= 15 is 0 Å². The molecule has 1 aliphatic rings. The zero-order chi connectivity index (χ0) is 38.6. The second kappa shape index (κ2) is 16.3. The molecule has 0 saturated carbocycles. The third-order valence-electron chi connectivity index (χ3n) is 9.70. The lowest BCUT2D eigenvalue weighted by Gasteiger charge is -2.33. The lowest BCUT2D eigenvalue weighted by molar-refractivity contribution is -0.137. The summed E-state index contributed by atoms with van der Waals surface area (Å²) in [6.07, 6.45) is 1.21. The number of rotatable bonds is 11. The summed E-state index contributed by atoms with van der Waals surface area (Å²) in [5, 5.41) is 5.39. The Morgan fingerprint density at radius 3 is 2.09 bits per heavy atom. The highest BCUT2D eigenvalue weighted by atomic mass is 35.5. The predicted molar refractivity (Wildman–Crippen MR) is 203 cm³/mol. The second-order valence-corrected chi connectivity index (χ2v) is 16.4. The highest BCUT2D eigenvalue weighted by Crippen LogP contribution is 2.40. The lowest BCUT2D eigenvalue weighted by atomic mass is 9.72. The first-order chi connectivity index (χ1) is 24.9. The quantitative estimate of drug-likeness (QED) is 0.132. The minimum Gasteiger partial charge on any atom is -0.351 e. The highest BCUT2D eigenvalue weighted by Gasteiger charge is 2.31. The van der Waals surface area contributed by atoms with Gasteiger partial charge in [-0.1, -0.05) is 93.0 Å². The number of nitrogens with one attached hydrogen (secondary N) is 2. The Bertz CT molecular complexity index is 2070. The summed E-state index contributed by atoms with van der Waals surface area (Å²) < 4.78 is 70.3. The van der Waals surface area contributed by atoms with Crippen LogP contribution in [-0.4, -0.2) is 37.1 Å². The number of halogens is 4. The molecule has 0 aromatic heterocycles. The smallest absolute Gasteiger partial charge is 0.351 e. The summed E-state index contributed by atoms with van der Waals surface area (Å²) >= 11 is 6.20. The second-order valence-electron chi connectivity index (χ2n) is 14.4. The van der Waals surface area contributed by atoms with Gasteiger partial charge in [-0.15, -0.1) is 0 Å². The Labute approximate surface area is 313 Å². The van der Waals surface area contributed by atoms with Crippen LogP contribution in [0.5, 0.6) is 0 Å². The maximum Gasteiger partial charge on any atom is 0.416 e. The van der Waals surface area contributed by atoms with E-state index in [4.69, 9.17) is 16.2 Å². The molecule has 0 spiro atoms. The van der Waals surface area contributed by atoms with Crippen molar-refractivity contribution >= 4 is 44.8 Å². The first-order valence-electron chi connectivity index (χ1n) is 17.3. The monoisotopic (exact) mass is 766 g/mol. The fourth-order valence-electron chi connectivity index (χ4n) is 6.49. The van der Waals surface area contributed by atoms with E-state index in [-0.39, 0.29) is 28.5 Å². The molecule has 12 heteroatoms. The van der Waals surface area contributed by atoms with Crippen LogP contribution in [0.25, 0.3) is 16.7 Å². The van der Waals surface area contributed by atoms with Crippen molar-refractivity contribution in [3.63, 3.8) is 0 Å². The maximum absolute atomic E-state index is 14.0. The number of allylic oxidation sites excluding steroid dienone is 2. The van der Waals surface area contributed by atoms with Gasteiger partial charge >= 0.3 is 6.18 Å². The molecule has 0 aliphatic heterocycles. The molecule has 3 N–H and O–H groups in total. The minimum absolute atomic E-state index is 0.0419. The van der Waals surface area contributed by atoms with Crippen LogP contribution in [0.1, 0.15) is 78.6 Å². The van der Waals surface area contributed by atoms with E-state index in [1.165, 1.54) is 11.6 Å². The molecule has 2 amide bonds. The number of alkyl halides is 3. The molecular weight excluding hydrogens is 725 g/mol. The predicted octanol–water partition coefficient (Wildman–Crippen LogP) is 9.84. The number of benzene rings is 4.